The predicted octanol–water partition coefficient (Wildman–Crippen LogP) is 2.74. The number of aliphatic carboxylic acids is 1. The number of thioether (sulfide) groups is 1. The minimum absolute atomic E-state index is 0.0408. The number of amides is 1. The zero-order valence-corrected chi connectivity index (χ0v) is 12.9. The van der Waals surface area contributed by atoms with Crippen molar-refractivity contribution in [3.05, 3.63) is 35.4 Å². The van der Waals surface area contributed by atoms with Crippen LogP contribution in [0.1, 0.15) is 23.5 Å². The lowest BCUT2D eigenvalue weighted by Crippen LogP contribution is -2.28. The molecule has 1 aromatic carbocycles. The molecular formula is C15H16F3NO3S. The maximum Gasteiger partial charge on any atom is 0.416 e. The molecule has 0 spiro atoms. The second-order valence-electron chi connectivity index (χ2n) is 5.27. The van der Waals surface area contributed by atoms with E-state index in [9.17, 15) is 22.8 Å². The van der Waals surface area contributed by atoms with Crippen LogP contribution in [0.25, 0.3) is 0 Å². The molecule has 1 amide bonds. The van der Waals surface area contributed by atoms with Gasteiger partial charge in [0.15, 0.2) is 0 Å². The van der Waals surface area contributed by atoms with E-state index in [0.717, 1.165) is 6.07 Å². The Balaban J connectivity index is 1.85. The van der Waals surface area contributed by atoms with Gasteiger partial charge in [-0.25, -0.2) is 0 Å². The number of rotatable bonds is 7. The van der Waals surface area contributed by atoms with E-state index in [2.05, 4.69) is 5.32 Å². The van der Waals surface area contributed by atoms with Gasteiger partial charge in [-0.3, -0.25) is 9.59 Å². The number of hydrogen-bond donors (Lipinski definition) is 2. The number of benzene rings is 1. The third-order valence-corrected chi connectivity index (χ3v) is 4.51. The molecule has 0 heterocycles. The van der Waals surface area contributed by atoms with Crippen LogP contribution in [0, 0.1) is 5.92 Å². The van der Waals surface area contributed by atoms with Gasteiger partial charge in [0.25, 0.3) is 0 Å². The quantitative estimate of drug-likeness (QED) is 0.745. The Hall–Kier alpha value is -1.70. The van der Waals surface area contributed by atoms with E-state index >= 15 is 0 Å². The highest BCUT2D eigenvalue weighted by Crippen LogP contribution is 2.50. The summed E-state index contributed by atoms with van der Waals surface area (Å²) >= 11 is 1.18. The van der Waals surface area contributed by atoms with Crippen molar-refractivity contribution >= 4 is 23.6 Å². The molecule has 1 fully saturated rings. The number of carboxylic acid groups (broad SMARTS) is 1. The second-order valence-corrected chi connectivity index (χ2v) is 6.38. The van der Waals surface area contributed by atoms with Gasteiger partial charge in [-0.05, 0) is 24.0 Å². The van der Waals surface area contributed by atoms with Gasteiger partial charge in [0, 0.05) is 18.2 Å². The summed E-state index contributed by atoms with van der Waals surface area (Å²) < 4.78 is 38.9. The van der Waals surface area contributed by atoms with Gasteiger partial charge in [-0.15, -0.1) is 11.8 Å². The van der Waals surface area contributed by atoms with Crippen LogP contribution in [0.3, 0.4) is 0 Å². The summed E-state index contributed by atoms with van der Waals surface area (Å²) in [7, 11) is 0. The van der Waals surface area contributed by atoms with Crippen LogP contribution in [0.5, 0.6) is 0 Å². The Bertz CT molecular complexity index is 592. The zero-order chi connectivity index (χ0) is 17.0. The molecule has 4 nitrogen and oxygen atoms in total. The average Bonchev–Trinajstić information content (AvgIpc) is 3.26. The highest BCUT2D eigenvalue weighted by Gasteiger charge is 2.47. The van der Waals surface area contributed by atoms with E-state index in [1.54, 1.807) is 6.07 Å². The lowest BCUT2D eigenvalue weighted by atomic mass is 10.0. The van der Waals surface area contributed by atoms with Crippen LogP contribution in [-0.2, 0) is 15.8 Å². The van der Waals surface area contributed by atoms with Gasteiger partial charge in [0.05, 0.1) is 11.3 Å². The topological polar surface area (TPSA) is 66.4 Å². The molecule has 0 aromatic heterocycles. The first-order valence-corrected chi connectivity index (χ1v) is 8.19. The first-order valence-electron chi connectivity index (χ1n) is 7.04. The number of nitrogens with one attached hydrogen (secondary N) is 1. The van der Waals surface area contributed by atoms with E-state index in [1.165, 1.54) is 23.9 Å². The molecule has 0 aliphatic heterocycles. The van der Waals surface area contributed by atoms with Gasteiger partial charge in [-0.2, -0.15) is 13.2 Å². The molecule has 1 aliphatic rings. The summed E-state index contributed by atoms with van der Waals surface area (Å²) in [6.07, 6.45) is -4.02. The van der Waals surface area contributed by atoms with Crippen molar-refractivity contribution < 1.29 is 27.9 Å². The lowest BCUT2D eigenvalue weighted by Gasteiger charge is -2.12. The third-order valence-electron chi connectivity index (χ3n) is 3.56. The first-order chi connectivity index (χ1) is 10.8. The Kier molecular flexibility index (Phi) is 5.56. The van der Waals surface area contributed by atoms with Crippen molar-refractivity contribution in [1.82, 2.24) is 5.32 Å². The molecule has 2 N–H and O–H groups in total. The summed E-state index contributed by atoms with van der Waals surface area (Å²) in [5.74, 6) is -1.63. The van der Waals surface area contributed by atoms with Crippen LogP contribution >= 0.6 is 11.8 Å². The van der Waals surface area contributed by atoms with E-state index in [0.29, 0.717) is 18.7 Å². The van der Waals surface area contributed by atoms with Crippen molar-refractivity contribution in [2.24, 2.45) is 5.92 Å². The molecule has 126 valence electrons. The van der Waals surface area contributed by atoms with Crippen LogP contribution in [0.15, 0.2) is 24.3 Å². The molecule has 1 aliphatic carbocycles. The van der Waals surface area contributed by atoms with Crippen LogP contribution in [0.4, 0.5) is 13.2 Å². The highest BCUT2D eigenvalue weighted by molar-refractivity contribution is 7.99. The first kappa shape index (κ1) is 17.7. The Morgan fingerprint density at radius 1 is 1.30 bits per heavy atom. The maximum absolute atomic E-state index is 13.0. The standard InChI is InChI=1S/C15H16F3NO3S/c16-15(17,18)12-4-2-1-3-9(12)10-7-11(10)14(22)19-5-6-23-8-13(20)21/h1-4,10-11H,5-8H2,(H,19,22)(H,20,21). The summed E-state index contributed by atoms with van der Waals surface area (Å²) in [4.78, 5) is 22.3. The average molecular weight is 347 g/mol. The largest absolute Gasteiger partial charge is 0.481 e. The number of carboxylic acids is 1. The molecule has 2 atom stereocenters. The van der Waals surface area contributed by atoms with Crippen molar-refractivity contribution in [2.45, 2.75) is 18.5 Å². The minimum Gasteiger partial charge on any atom is -0.481 e. The van der Waals surface area contributed by atoms with Gasteiger partial charge >= 0.3 is 12.1 Å². The zero-order valence-electron chi connectivity index (χ0n) is 12.1. The molecule has 2 rings (SSSR count). The van der Waals surface area contributed by atoms with Gasteiger partial charge in [0.1, 0.15) is 0 Å². The minimum atomic E-state index is -4.42. The lowest BCUT2D eigenvalue weighted by molar-refractivity contribution is -0.138. The maximum atomic E-state index is 13.0. The summed E-state index contributed by atoms with van der Waals surface area (Å²) in [6.45, 7) is 0.306. The van der Waals surface area contributed by atoms with Crippen LogP contribution in [-0.4, -0.2) is 35.0 Å². The molecule has 23 heavy (non-hydrogen) atoms. The van der Waals surface area contributed by atoms with Crippen molar-refractivity contribution in [2.75, 3.05) is 18.1 Å². The molecule has 0 radical (unpaired) electrons. The normalized spacial score (nSPS) is 20.1. The van der Waals surface area contributed by atoms with E-state index < -0.39 is 29.5 Å². The Morgan fingerprint density at radius 3 is 2.65 bits per heavy atom. The Labute approximate surface area is 135 Å². The van der Waals surface area contributed by atoms with Crippen molar-refractivity contribution in [1.29, 1.82) is 0 Å². The molecule has 1 aromatic rings. The van der Waals surface area contributed by atoms with Gasteiger partial charge in [0.2, 0.25) is 5.91 Å². The molecule has 0 bridgehead atoms. The summed E-state index contributed by atoms with van der Waals surface area (Å²) in [6, 6.07) is 5.33. The fraction of sp³-hybridized carbons (Fsp3) is 0.467. The van der Waals surface area contributed by atoms with Gasteiger partial charge in [-0.1, -0.05) is 18.2 Å². The monoisotopic (exact) mass is 347 g/mol. The van der Waals surface area contributed by atoms with E-state index in [4.69, 9.17) is 5.11 Å². The third kappa shape index (κ3) is 4.89. The number of carbonyl (C=O) groups excluding carboxylic acids is 1. The SMILES string of the molecule is O=C(O)CSCCNC(=O)C1CC1c1ccccc1C(F)(F)F. The van der Waals surface area contributed by atoms with Crippen LogP contribution in [0.2, 0.25) is 0 Å². The molecule has 0 saturated heterocycles. The molecular weight excluding hydrogens is 331 g/mol. The van der Waals surface area contributed by atoms with Crippen molar-refractivity contribution in [3.63, 3.8) is 0 Å². The van der Waals surface area contributed by atoms with E-state index in [1.807, 2.05) is 0 Å². The molecule has 8 heteroatoms. The number of hydrogen-bond acceptors (Lipinski definition) is 3. The fourth-order valence-corrected chi connectivity index (χ4v) is 3.01. The van der Waals surface area contributed by atoms with Crippen LogP contribution < -0.4 is 5.32 Å². The second kappa shape index (κ2) is 7.25. The number of carbonyl (C=O) groups is 2. The molecule has 2 unspecified atom stereocenters. The van der Waals surface area contributed by atoms with E-state index in [-0.39, 0.29) is 17.2 Å². The fourth-order valence-electron chi connectivity index (χ4n) is 2.44. The van der Waals surface area contributed by atoms with Gasteiger partial charge < -0.3 is 10.4 Å². The summed E-state index contributed by atoms with van der Waals surface area (Å²) in [5, 5.41) is 11.1. The molecule has 1 saturated carbocycles. The smallest absolute Gasteiger partial charge is 0.416 e. The Morgan fingerprint density at radius 2 is 2.00 bits per heavy atom. The highest BCUT2D eigenvalue weighted by atomic mass is 32.2. The summed E-state index contributed by atoms with van der Waals surface area (Å²) in [5.41, 5.74) is -0.516. The van der Waals surface area contributed by atoms with Crippen molar-refractivity contribution in [3.8, 4) is 0 Å². The number of alkyl halides is 3. The number of halogens is 3. The predicted molar refractivity (Wildman–Crippen MR) is 80.3 cm³/mol.